The van der Waals surface area contributed by atoms with Crippen molar-refractivity contribution in [1.29, 1.82) is 0 Å². The van der Waals surface area contributed by atoms with E-state index in [2.05, 4.69) is 15.5 Å². The van der Waals surface area contributed by atoms with E-state index >= 15 is 0 Å². The van der Waals surface area contributed by atoms with Gasteiger partial charge in [0.05, 0.1) is 18.0 Å². The molecule has 1 saturated heterocycles. The van der Waals surface area contributed by atoms with E-state index in [4.69, 9.17) is 5.73 Å². The number of nitrogens with two attached hydrogens (primary N) is 1. The number of nitrogens with zero attached hydrogens (tertiary/aromatic N) is 4. The number of carbonyl (C=O) groups excluding carboxylic acids is 1. The number of aromatic nitrogens is 4. The van der Waals surface area contributed by atoms with E-state index in [1.165, 1.54) is 9.58 Å². The van der Waals surface area contributed by atoms with Gasteiger partial charge in [-0.15, -0.1) is 5.10 Å². The quantitative estimate of drug-likeness (QED) is 0.527. The Morgan fingerprint density at radius 3 is 2.41 bits per heavy atom. The predicted octanol–water partition coefficient (Wildman–Crippen LogP) is 0.283. The number of rotatable bonds is 7. The Bertz CT molecular complexity index is 1170. The molecule has 2 heterocycles. The fraction of sp³-hybridized carbons (Fsp3) is 0.364. The first-order valence-electron chi connectivity index (χ1n) is 10.6. The lowest BCUT2D eigenvalue weighted by molar-refractivity contribution is -0.931. The van der Waals surface area contributed by atoms with Gasteiger partial charge in [-0.05, 0) is 29.5 Å². The van der Waals surface area contributed by atoms with Crippen LogP contribution in [0.5, 0.6) is 0 Å². The second-order valence-corrected chi connectivity index (χ2v) is 10.2. The molecule has 1 amide bonds. The minimum Gasteiger partial charge on any atom is -0.369 e. The number of nitrogens with one attached hydrogen (secondary N) is 1. The summed E-state index contributed by atoms with van der Waals surface area (Å²) >= 11 is 0. The summed E-state index contributed by atoms with van der Waals surface area (Å²) < 4.78 is 27.5. The van der Waals surface area contributed by atoms with Crippen molar-refractivity contribution >= 4 is 15.7 Å². The fourth-order valence-corrected chi connectivity index (χ4v) is 5.47. The summed E-state index contributed by atoms with van der Waals surface area (Å²) in [6, 6.07) is 16.3. The molecule has 2 aromatic carbocycles. The molecule has 0 radical (unpaired) electrons. The average Bonchev–Trinajstić information content (AvgIpc) is 3.22. The molecule has 0 bridgehead atoms. The van der Waals surface area contributed by atoms with Crippen LogP contribution in [0.4, 0.5) is 0 Å². The number of carbonyl (C=O) groups is 1. The number of quaternary nitrogens is 1. The number of hydrogen-bond acceptors (Lipinski definition) is 6. The van der Waals surface area contributed by atoms with Crippen LogP contribution in [0.1, 0.15) is 35.8 Å². The summed E-state index contributed by atoms with van der Waals surface area (Å²) in [5.74, 6) is -0.263. The molecular formula is C22H27N6O3S+. The zero-order chi connectivity index (χ0) is 22.7. The molecule has 1 atom stereocenters. The fourth-order valence-electron chi connectivity index (χ4n) is 4.27. The summed E-state index contributed by atoms with van der Waals surface area (Å²) in [5.41, 5.74) is 7.48. The van der Waals surface area contributed by atoms with Crippen molar-refractivity contribution in [2.75, 3.05) is 13.1 Å². The van der Waals surface area contributed by atoms with Crippen molar-refractivity contribution in [3.05, 3.63) is 71.5 Å². The summed E-state index contributed by atoms with van der Waals surface area (Å²) in [4.78, 5) is 13.0. The molecule has 4 rings (SSSR count). The summed E-state index contributed by atoms with van der Waals surface area (Å²) in [6.45, 7) is 3.33. The lowest BCUT2D eigenvalue weighted by atomic mass is 9.93. The molecule has 0 unspecified atom stereocenters. The van der Waals surface area contributed by atoms with Crippen molar-refractivity contribution < 1.29 is 18.1 Å². The third-order valence-corrected chi connectivity index (χ3v) is 7.64. The van der Waals surface area contributed by atoms with E-state index in [0.717, 1.165) is 11.1 Å². The number of aryl methyl sites for hydroxylation is 1. The molecule has 0 aliphatic carbocycles. The highest BCUT2D eigenvalue weighted by atomic mass is 32.2. The first-order valence-corrected chi connectivity index (χ1v) is 12.2. The van der Waals surface area contributed by atoms with E-state index in [1.807, 2.05) is 37.3 Å². The minimum atomic E-state index is -3.64. The van der Waals surface area contributed by atoms with Crippen LogP contribution in [-0.2, 0) is 20.5 Å². The molecule has 1 aromatic heterocycles. The Balaban J connectivity index is 1.66. The molecule has 3 N–H and O–H groups in total. The van der Waals surface area contributed by atoms with Gasteiger partial charge >= 0.3 is 0 Å². The zero-order valence-electron chi connectivity index (χ0n) is 17.9. The molecule has 1 aliphatic rings. The van der Waals surface area contributed by atoms with Crippen LogP contribution in [0.25, 0.3) is 0 Å². The third-order valence-electron chi connectivity index (χ3n) is 6.06. The van der Waals surface area contributed by atoms with Gasteiger partial charge in [0, 0.05) is 24.3 Å². The second kappa shape index (κ2) is 9.17. The molecule has 0 spiro atoms. The van der Waals surface area contributed by atoms with Crippen LogP contribution >= 0.6 is 0 Å². The van der Waals surface area contributed by atoms with E-state index in [0.29, 0.717) is 31.8 Å². The number of likely N-dealkylation sites (tertiary alicyclic amines) is 1. The van der Waals surface area contributed by atoms with Gasteiger partial charge in [0.15, 0.2) is 21.8 Å². The molecule has 3 aromatic rings. The van der Waals surface area contributed by atoms with Crippen LogP contribution < -0.4 is 10.6 Å². The SMILES string of the molecule is Cc1ccc(S(=O)(=O)Cn2nnnc2[C@@H](c2ccccc2)[NH+]2CCC(C(N)=O)CC2)cc1. The predicted molar refractivity (Wildman–Crippen MR) is 117 cm³/mol. The highest BCUT2D eigenvalue weighted by molar-refractivity contribution is 7.90. The number of sulfone groups is 1. The average molecular weight is 456 g/mol. The number of tetrazole rings is 1. The van der Waals surface area contributed by atoms with Crippen LogP contribution in [0.15, 0.2) is 59.5 Å². The molecule has 10 heteroatoms. The maximum absolute atomic E-state index is 13.0. The lowest BCUT2D eigenvalue weighted by Gasteiger charge is -2.33. The Hall–Kier alpha value is -3.11. The topological polar surface area (TPSA) is 125 Å². The Labute approximate surface area is 187 Å². The Morgan fingerprint density at radius 2 is 1.78 bits per heavy atom. The maximum atomic E-state index is 13.0. The number of primary amides is 1. The van der Waals surface area contributed by atoms with Crippen molar-refractivity contribution in [1.82, 2.24) is 20.2 Å². The van der Waals surface area contributed by atoms with Crippen LogP contribution in [0.2, 0.25) is 0 Å². The van der Waals surface area contributed by atoms with Crippen LogP contribution in [-0.4, -0.2) is 47.6 Å². The van der Waals surface area contributed by atoms with Gasteiger partial charge < -0.3 is 10.6 Å². The van der Waals surface area contributed by atoms with Crippen molar-refractivity contribution in [3.8, 4) is 0 Å². The van der Waals surface area contributed by atoms with E-state index in [1.54, 1.807) is 24.3 Å². The van der Waals surface area contributed by atoms with Gasteiger partial charge in [-0.1, -0.05) is 48.0 Å². The van der Waals surface area contributed by atoms with Gasteiger partial charge in [0.2, 0.25) is 11.7 Å². The third kappa shape index (κ3) is 4.71. The number of hydrogen-bond donors (Lipinski definition) is 2. The van der Waals surface area contributed by atoms with E-state index < -0.39 is 9.84 Å². The number of amides is 1. The second-order valence-electron chi connectivity index (χ2n) is 8.27. The Kier molecular flexibility index (Phi) is 6.33. The van der Waals surface area contributed by atoms with Crippen molar-refractivity contribution in [2.24, 2.45) is 11.7 Å². The molecule has 1 fully saturated rings. The largest absolute Gasteiger partial charge is 0.369 e. The highest BCUT2D eigenvalue weighted by Crippen LogP contribution is 2.21. The summed E-state index contributed by atoms with van der Waals surface area (Å²) in [7, 11) is -3.64. The summed E-state index contributed by atoms with van der Waals surface area (Å²) in [5, 5.41) is 12.1. The van der Waals surface area contributed by atoms with Gasteiger partial charge in [0.1, 0.15) is 0 Å². The first-order chi connectivity index (χ1) is 15.3. The Morgan fingerprint density at radius 1 is 1.12 bits per heavy atom. The molecular weight excluding hydrogens is 428 g/mol. The number of benzene rings is 2. The monoisotopic (exact) mass is 455 g/mol. The van der Waals surface area contributed by atoms with E-state index in [-0.39, 0.29) is 28.6 Å². The normalized spacial score (nSPS) is 20.0. The van der Waals surface area contributed by atoms with Gasteiger partial charge in [-0.3, -0.25) is 4.79 Å². The minimum absolute atomic E-state index is 0.131. The molecule has 1 aliphatic heterocycles. The number of piperidine rings is 1. The maximum Gasteiger partial charge on any atom is 0.220 e. The molecule has 9 nitrogen and oxygen atoms in total. The van der Waals surface area contributed by atoms with Gasteiger partial charge in [-0.25, -0.2) is 13.1 Å². The zero-order valence-corrected chi connectivity index (χ0v) is 18.7. The molecule has 0 saturated carbocycles. The van der Waals surface area contributed by atoms with Crippen LogP contribution in [0.3, 0.4) is 0 Å². The molecule has 168 valence electrons. The smallest absolute Gasteiger partial charge is 0.220 e. The van der Waals surface area contributed by atoms with Crippen molar-refractivity contribution in [2.45, 2.75) is 36.6 Å². The first kappa shape index (κ1) is 22.1. The van der Waals surface area contributed by atoms with E-state index in [9.17, 15) is 13.2 Å². The van der Waals surface area contributed by atoms with Crippen molar-refractivity contribution in [3.63, 3.8) is 0 Å². The van der Waals surface area contributed by atoms with Gasteiger partial charge in [-0.2, -0.15) is 0 Å². The molecule has 32 heavy (non-hydrogen) atoms. The highest BCUT2D eigenvalue weighted by Gasteiger charge is 2.36. The van der Waals surface area contributed by atoms with Crippen LogP contribution in [0, 0.1) is 12.8 Å². The van der Waals surface area contributed by atoms with Gasteiger partial charge in [0.25, 0.3) is 0 Å². The summed E-state index contributed by atoms with van der Waals surface area (Å²) in [6.07, 6.45) is 1.36. The standard InChI is InChI=1S/C22H26N6O3S/c1-16-7-9-19(10-8-16)32(30,31)15-28-22(24-25-26-28)20(17-5-3-2-4-6-17)27-13-11-18(12-14-27)21(23)29/h2-10,18,20H,11-15H2,1H3,(H2,23,29)/p+1/t20-/m1/s1. The lowest BCUT2D eigenvalue weighted by Crippen LogP contribution is -3.13.